The van der Waals surface area contributed by atoms with E-state index < -0.39 is 12.0 Å². The van der Waals surface area contributed by atoms with Gasteiger partial charge >= 0.3 is 6.16 Å². The van der Waals surface area contributed by atoms with Crippen LogP contribution in [0.5, 0.6) is 5.75 Å². The van der Waals surface area contributed by atoms with Crippen molar-refractivity contribution in [2.75, 3.05) is 19.7 Å². The van der Waals surface area contributed by atoms with Crippen LogP contribution in [0.2, 0.25) is 0 Å². The van der Waals surface area contributed by atoms with Gasteiger partial charge in [0, 0.05) is 18.7 Å². The highest BCUT2D eigenvalue weighted by molar-refractivity contribution is 5.94. The first-order valence-corrected chi connectivity index (χ1v) is 8.72. The minimum Gasteiger partial charge on any atom is -0.434 e. The van der Waals surface area contributed by atoms with Crippen LogP contribution in [0, 0.1) is 5.82 Å². The van der Waals surface area contributed by atoms with E-state index in [1.165, 1.54) is 36.4 Å². The van der Waals surface area contributed by atoms with Gasteiger partial charge in [-0.05, 0) is 48.9 Å². The van der Waals surface area contributed by atoms with E-state index in [-0.39, 0.29) is 43.7 Å². The van der Waals surface area contributed by atoms with Crippen molar-refractivity contribution in [2.45, 2.75) is 13.3 Å². The van der Waals surface area contributed by atoms with Gasteiger partial charge in [-0.3, -0.25) is 9.59 Å². The van der Waals surface area contributed by atoms with Crippen LogP contribution in [0.3, 0.4) is 0 Å². The number of halogens is 1. The van der Waals surface area contributed by atoms with Gasteiger partial charge in [0.1, 0.15) is 11.6 Å². The van der Waals surface area contributed by atoms with Crippen molar-refractivity contribution in [3.05, 3.63) is 65.5 Å². The molecule has 0 bridgehead atoms. The molecule has 148 valence electrons. The zero-order valence-corrected chi connectivity index (χ0v) is 15.4. The monoisotopic (exact) mass is 388 g/mol. The lowest BCUT2D eigenvalue weighted by Gasteiger charge is -2.08. The summed E-state index contributed by atoms with van der Waals surface area (Å²) in [5, 5.41) is 5.31. The third-order valence-corrected chi connectivity index (χ3v) is 3.57. The SMILES string of the molecule is CCOC(=O)Oc1ccc(C(=O)NCCNC(=O)Cc2cccc(F)c2)cc1. The molecule has 0 aliphatic carbocycles. The van der Waals surface area contributed by atoms with Gasteiger partial charge in [-0.25, -0.2) is 9.18 Å². The van der Waals surface area contributed by atoms with Crippen LogP contribution in [-0.4, -0.2) is 37.7 Å². The summed E-state index contributed by atoms with van der Waals surface area (Å²) in [6, 6.07) is 11.8. The van der Waals surface area contributed by atoms with Crippen molar-refractivity contribution >= 4 is 18.0 Å². The quantitative estimate of drug-likeness (QED) is 0.412. The lowest BCUT2D eigenvalue weighted by molar-refractivity contribution is -0.120. The van der Waals surface area contributed by atoms with Gasteiger partial charge in [0.25, 0.3) is 5.91 Å². The molecule has 2 rings (SSSR count). The zero-order chi connectivity index (χ0) is 20.4. The fourth-order valence-corrected chi connectivity index (χ4v) is 2.29. The maximum atomic E-state index is 13.1. The third kappa shape index (κ3) is 7.06. The summed E-state index contributed by atoms with van der Waals surface area (Å²) in [5.41, 5.74) is 0.953. The molecule has 0 spiro atoms. The number of rotatable bonds is 8. The molecule has 0 aliphatic rings. The topological polar surface area (TPSA) is 93.7 Å². The van der Waals surface area contributed by atoms with Crippen LogP contribution < -0.4 is 15.4 Å². The highest BCUT2D eigenvalue weighted by atomic mass is 19.1. The maximum Gasteiger partial charge on any atom is 0.513 e. The normalized spacial score (nSPS) is 10.1. The summed E-state index contributed by atoms with van der Waals surface area (Å²) in [6.07, 6.45) is -0.748. The molecule has 0 aliphatic heterocycles. The Labute approximate surface area is 161 Å². The molecule has 28 heavy (non-hydrogen) atoms. The number of amides is 2. The number of nitrogens with one attached hydrogen (secondary N) is 2. The minimum atomic E-state index is -0.811. The molecule has 0 saturated heterocycles. The van der Waals surface area contributed by atoms with Gasteiger partial charge in [0.05, 0.1) is 13.0 Å². The molecule has 2 amide bonds. The number of ether oxygens (including phenoxy) is 2. The van der Waals surface area contributed by atoms with Crippen molar-refractivity contribution < 1.29 is 28.2 Å². The Bertz CT molecular complexity index is 824. The van der Waals surface area contributed by atoms with Gasteiger partial charge in [-0.1, -0.05) is 12.1 Å². The predicted octanol–water partition coefficient (Wildman–Crippen LogP) is 2.45. The lowest BCUT2D eigenvalue weighted by Crippen LogP contribution is -2.35. The van der Waals surface area contributed by atoms with Gasteiger partial charge in [-0.2, -0.15) is 0 Å². The van der Waals surface area contributed by atoms with E-state index in [0.29, 0.717) is 11.1 Å². The number of carbonyl (C=O) groups is 3. The smallest absolute Gasteiger partial charge is 0.434 e. The average molecular weight is 388 g/mol. The summed E-state index contributed by atoms with van der Waals surface area (Å²) in [4.78, 5) is 35.1. The zero-order valence-electron chi connectivity index (χ0n) is 15.4. The molecule has 0 aromatic heterocycles. The fourth-order valence-electron chi connectivity index (χ4n) is 2.29. The Balaban J connectivity index is 1.70. The Kier molecular flexibility index (Phi) is 7.95. The summed E-state index contributed by atoms with van der Waals surface area (Å²) in [6.45, 7) is 2.34. The van der Waals surface area contributed by atoms with Crippen LogP contribution >= 0.6 is 0 Å². The van der Waals surface area contributed by atoms with Crippen LogP contribution in [0.4, 0.5) is 9.18 Å². The highest BCUT2D eigenvalue weighted by Crippen LogP contribution is 2.13. The Morgan fingerprint density at radius 2 is 1.71 bits per heavy atom. The minimum absolute atomic E-state index is 0.0631. The summed E-state index contributed by atoms with van der Waals surface area (Å²) in [5.74, 6) is -0.724. The fraction of sp³-hybridized carbons (Fsp3) is 0.250. The van der Waals surface area contributed by atoms with Crippen LogP contribution in [-0.2, 0) is 16.0 Å². The number of hydrogen-bond donors (Lipinski definition) is 2. The molecule has 0 heterocycles. The first kappa shape index (κ1) is 20.9. The molecule has 0 unspecified atom stereocenters. The second kappa shape index (κ2) is 10.7. The van der Waals surface area contributed by atoms with E-state index in [2.05, 4.69) is 15.4 Å². The second-order valence-corrected chi connectivity index (χ2v) is 5.72. The molecule has 2 aromatic carbocycles. The van der Waals surface area contributed by atoms with E-state index in [1.807, 2.05) is 0 Å². The van der Waals surface area contributed by atoms with Crippen molar-refractivity contribution in [2.24, 2.45) is 0 Å². The molecule has 0 fully saturated rings. The number of benzene rings is 2. The van der Waals surface area contributed by atoms with Crippen molar-refractivity contribution in [1.82, 2.24) is 10.6 Å². The summed E-state index contributed by atoms with van der Waals surface area (Å²) >= 11 is 0. The molecular weight excluding hydrogens is 367 g/mol. The molecule has 2 aromatic rings. The standard InChI is InChI=1S/C20H21FN2O5/c1-2-27-20(26)28-17-8-6-15(7-9-17)19(25)23-11-10-22-18(24)13-14-4-3-5-16(21)12-14/h3-9,12H,2,10-11,13H2,1H3,(H,22,24)(H,23,25). The maximum absolute atomic E-state index is 13.1. The average Bonchev–Trinajstić information content (AvgIpc) is 2.66. The Morgan fingerprint density at radius 3 is 2.39 bits per heavy atom. The molecule has 2 N–H and O–H groups in total. The molecular formula is C20H21FN2O5. The molecule has 0 radical (unpaired) electrons. The van der Waals surface area contributed by atoms with E-state index in [0.717, 1.165) is 0 Å². The van der Waals surface area contributed by atoms with Gasteiger partial charge in [0.15, 0.2) is 0 Å². The molecule has 0 saturated carbocycles. The number of hydrogen-bond acceptors (Lipinski definition) is 5. The predicted molar refractivity (Wildman–Crippen MR) is 99.5 cm³/mol. The van der Waals surface area contributed by atoms with Crippen molar-refractivity contribution in [3.8, 4) is 5.75 Å². The van der Waals surface area contributed by atoms with Crippen molar-refractivity contribution in [3.63, 3.8) is 0 Å². The van der Waals surface area contributed by atoms with Crippen LogP contribution in [0.15, 0.2) is 48.5 Å². The Hall–Kier alpha value is -3.42. The van der Waals surface area contributed by atoms with Crippen molar-refractivity contribution in [1.29, 1.82) is 0 Å². The van der Waals surface area contributed by atoms with E-state index in [4.69, 9.17) is 4.74 Å². The molecule has 8 heteroatoms. The van der Waals surface area contributed by atoms with Crippen LogP contribution in [0.1, 0.15) is 22.8 Å². The largest absolute Gasteiger partial charge is 0.513 e. The summed E-state index contributed by atoms with van der Waals surface area (Å²) < 4.78 is 22.7. The molecule has 7 nitrogen and oxygen atoms in total. The third-order valence-electron chi connectivity index (χ3n) is 3.57. The first-order chi connectivity index (χ1) is 13.5. The molecule has 0 atom stereocenters. The second-order valence-electron chi connectivity index (χ2n) is 5.72. The number of carbonyl (C=O) groups excluding carboxylic acids is 3. The van der Waals surface area contributed by atoms with E-state index in [1.54, 1.807) is 19.1 Å². The van der Waals surface area contributed by atoms with Gasteiger partial charge in [0.2, 0.25) is 5.91 Å². The summed E-state index contributed by atoms with van der Waals surface area (Å²) in [7, 11) is 0. The van der Waals surface area contributed by atoms with E-state index in [9.17, 15) is 18.8 Å². The van der Waals surface area contributed by atoms with E-state index >= 15 is 0 Å². The van der Waals surface area contributed by atoms with Gasteiger partial charge in [-0.15, -0.1) is 0 Å². The first-order valence-electron chi connectivity index (χ1n) is 8.72. The van der Waals surface area contributed by atoms with Crippen LogP contribution in [0.25, 0.3) is 0 Å². The highest BCUT2D eigenvalue weighted by Gasteiger charge is 2.09. The van der Waals surface area contributed by atoms with Gasteiger partial charge < -0.3 is 20.1 Å². The lowest BCUT2D eigenvalue weighted by atomic mass is 10.1. The Morgan fingerprint density at radius 1 is 1.00 bits per heavy atom.